The van der Waals surface area contributed by atoms with Crippen molar-refractivity contribution in [3.05, 3.63) is 23.8 Å². The van der Waals surface area contributed by atoms with Crippen molar-refractivity contribution in [1.82, 2.24) is 4.72 Å². The van der Waals surface area contributed by atoms with Gasteiger partial charge in [0.2, 0.25) is 15.9 Å². The van der Waals surface area contributed by atoms with Gasteiger partial charge in [-0.05, 0) is 55.4 Å². The van der Waals surface area contributed by atoms with Gasteiger partial charge in [-0.25, -0.2) is 13.1 Å². The first kappa shape index (κ1) is 20.2. The lowest BCUT2D eigenvalue weighted by Gasteiger charge is -2.23. The molecule has 4 N–H and O–H groups in total. The summed E-state index contributed by atoms with van der Waals surface area (Å²) in [6.07, 6.45) is 6.22. The summed E-state index contributed by atoms with van der Waals surface area (Å²) >= 11 is 0. The number of fused-ring (bicyclic) bond motifs is 1. The molecule has 1 saturated carbocycles. The van der Waals surface area contributed by atoms with Gasteiger partial charge in [-0.15, -0.1) is 12.4 Å². The highest BCUT2D eigenvalue weighted by Gasteiger charge is 2.28. The highest BCUT2D eigenvalue weighted by atomic mass is 35.5. The van der Waals surface area contributed by atoms with Gasteiger partial charge in [0.25, 0.3) is 0 Å². The van der Waals surface area contributed by atoms with Crippen LogP contribution in [0.15, 0.2) is 23.1 Å². The molecule has 1 fully saturated rings. The summed E-state index contributed by atoms with van der Waals surface area (Å²) in [6, 6.07) is 4.69. The number of carbonyl (C=O) groups excluding carboxylic acids is 1. The van der Waals surface area contributed by atoms with Crippen molar-refractivity contribution in [2.24, 2.45) is 11.7 Å². The van der Waals surface area contributed by atoms with E-state index < -0.39 is 10.0 Å². The van der Waals surface area contributed by atoms with Gasteiger partial charge < -0.3 is 11.1 Å². The molecule has 8 heteroatoms. The van der Waals surface area contributed by atoms with Crippen molar-refractivity contribution in [2.75, 3.05) is 11.9 Å². The number of nitrogens with two attached hydrogens (primary N) is 1. The normalized spacial score (nSPS) is 19.5. The Morgan fingerprint density at radius 2 is 1.92 bits per heavy atom. The Kier molecular flexibility index (Phi) is 6.85. The minimum absolute atomic E-state index is 0. The summed E-state index contributed by atoms with van der Waals surface area (Å²) in [5.74, 6) is 0.303. The average molecular weight is 388 g/mol. The van der Waals surface area contributed by atoms with Crippen LogP contribution in [-0.4, -0.2) is 26.9 Å². The monoisotopic (exact) mass is 387 g/mol. The summed E-state index contributed by atoms with van der Waals surface area (Å²) in [4.78, 5) is 11.8. The van der Waals surface area contributed by atoms with E-state index in [4.69, 9.17) is 5.73 Å². The number of carbonyl (C=O) groups is 1. The van der Waals surface area contributed by atoms with E-state index in [1.807, 2.05) is 0 Å². The molecule has 1 heterocycles. The van der Waals surface area contributed by atoms with Crippen molar-refractivity contribution in [3.63, 3.8) is 0 Å². The van der Waals surface area contributed by atoms with E-state index in [2.05, 4.69) is 10.0 Å². The molecule has 0 saturated heterocycles. The van der Waals surface area contributed by atoms with E-state index in [0.29, 0.717) is 31.0 Å². The number of halogens is 1. The molecule has 1 amide bonds. The van der Waals surface area contributed by atoms with E-state index in [9.17, 15) is 13.2 Å². The second-order valence-corrected chi connectivity index (χ2v) is 8.44. The van der Waals surface area contributed by atoms with Crippen molar-refractivity contribution in [2.45, 2.75) is 55.9 Å². The molecule has 0 spiro atoms. The average Bonchev–Trinajstić information content (AvgIpc) is 3.01. The predicted molar refractivity (Wildman–Crippen MR) is 100 cm³/mol. The molecular weight excluding hydrogens is 362 g/mol. The zero-order valence-corrected chi connectivity index (χ0v) is 15.8. The molecule has 0 radical (unpaired) electrons. The number of rotatable bonds is 5. The number of anilines is 1. The number of aryl methyl sites for hydroxylation is 1. The van der Waals surface area contributed by atoms with Crippen molar-refractivity contribution < 1.29 is 13.2 Å². The summed E-state index contributed by atoms with van der Waals surface area (Å²) < 4.78 is 28.3. The smallest absolute Gasteiger partial charge is 0.240 e. The van der Waals surface area contributed by atoms with Crippen LogP contribution in [0.2, 0.25) is 0 Å². The standard InChI is InChI=1S/C17H25N3O3S.ClH/c18-11-16(12-4-1-2-5-12)20-24(22,23)14-8-9-15-13(10-14)6-3-7-17(21)19-15;/h8-10,12,16,20H,1-7,11,18H2,(H,19,21);1H. The topological polar surface area (TPSA) is 101 Å². The maximum Gasteiger partial charge on any atom is 0.240 e. The van der Waals surface area contributed by atoms with E-state index in [0.717, 1.165) is 37.7 Å². The highest BCUT2D eigenvalue weighted by Crippen LogP contribution is 2.29. The van der Waals surface area contributed by atoms with Crippen LogP contribution in [0.25, 0.3) is 0 Å². The Bertz CT molecular complexity index is 718. The van der Waals surface area contributed by atoms with Crippen molar-refractivity contribution >= 4 is 34.0 Å². The Balaban J connectivity index is 0.00000225. The molecular formula is C17H26ClN3O3S. The molecule has 1 aromatic rings. The third-order valence-electron chi connectivity index (χ3n) is 5.04. The molecule has 0 aromatic heterocycles. The zero-order chi connectivity index (χ0) is 17.2. The van der Waals surface area contributed by atoms with Gasteiger partial charge in [0.05, 0.1) is 4.90 Å². The van der Waals surface area contributed by atoms with E-state index in [1.165, 1.54) is 0 Å². The van der Waals surface area contributed by atoms with Gasteiger partial charge in [-0.1, -0.05) is 12.8 Å². The summed E-state index contributed by atoms with van der Waals surface area (Å²) in [7, 11) is -3.61. The Labute approximate surface area is 155 Å². The molecule has 25 heavy (non-hydrogen) atoms. The quantitative estimate of drug-likeness (QED) is 0.720. The first-order chi connectivity index (χ1) is 11.5. The van der Waals surface area contributed by atoms with Gasteiger partial charge in [-0.2, -0.15) is 0 Å². The van der Waals surface area contributed by atoms with Crippen LogP contribution < -0.4 is 15.8 Å². The highest BCUT2D eigenvalue weighted by molar-refractivity contribution is 7.89. The minimum Gasteiger partial charge on any atom is -0.329 e. The summed E-state index contributed by atoms with van der Waals surface area (Å²) in [5.41, 5.74) is 7.39. The van der Waals surface area contributed by atoms with Gasteiger partial charge in [0.1, 0.15) is 0 Å². The maximum absolute atomic E-state index is 12.7. The second-order valence-electron chi connectivity index (χ2n) is 6.73. The molecule has 1 aliphatic carbocycles. The van der Waals surface area contributed by atoms with E-state index >= 15 is 0 Å². The number of hydrogen-bond donors (Lipinski definition) is 3. The van der Waals surface area contributed by atoms with Crippen LogP contribution in [0.3, 0.4) is 0 Å². The lowest BCUT2D eigenvalue weighted by Crippen LogP contribution is -2.44. The Morgan fingerprint density at radius 1 is 1.20 bits per heavy atom. The van der Waals surface area contributed by atoms with Crippen molar-refractivity contribution in [1.29, 1.82) is 0 Å². The van der Waals surface area contributed by atoms with Gasteiger partial charge in [0.15, 0.2) is 0 Å². The zero-order valence-electron chi connectivity index (χ0n) is 14.2. The number of benzene rings is 1. The number of hydrogen-bond acceptors (Lipinski definition) is 4. The molecule has 3 rings (SSSR count). The van der Waals surface area contributed by atoms with Crippen LogP contribution in [0, 0.1) is 5.92 Å². The molecule has 0 bridgehead atoms. The van der Waals surface area contributed by atoms with Gasteiger partial charge in [-0.3, -0.25) is 4.79 Å². The Hall–Kier alpha value is -1.15. The van der Waals surface area contributed by atoms with E-state index in [1.54, 1.807) is 18.2 Å². The van der Waals surface area contributed by atoms with Gasteiger partial charge >= 0.3 is 0 Å². The third kappa shape index (κ3) is 4.73. The first-order valence-corrected chi connectivity index (χ1v) is 10.1. The predicted octanol–water partition coefficient (Wildman–Crippen LogP) is 2.18. The minimum atomic E-state index is -3.61. The largest absolute Gasteiger partial charge is 0.329 e. The lowest BCUT2D eigenvalue weighted by molar-refractivity contribution is -0.116. The van der Waals surface area contributed by atoms with Gasteiger partial charge in [0, 0.05) is 24.7 Å². The SMILES string of the molecule is Cl.NCC(NS(=O)(=O)c1ccc2c(c1)CCCC(=O)N2)C1CCCC1. The van der Waals surface area contributed by atoms with Crippen LogP contribution in [0.5, 0.6) is 0 Å². The molecule has 1 aromatic carbocycles. The fourth-order valence-electron chi connectivity index (χ4n) is 3.68. The van der Waals surface area contributed by atoms with Crippen LogP contribution in [0.4, 0.5) is 5.69 Å². The lowest BCUT2D eigenvalue weighted by atomic mass is 9.99. The number of amides is 1. The second kappa shape index (κ2) is 8.49. The molecule has 1 unspecified atom stereocenters. The number of nitrogens with one attached hydrogen (secondary N) is 2. The summed E-state index contributed by atoms with van der Waals surface area (Å²) in [6.45, 7) is 0.310. The fourth-order valence-corrected chi connectivity index (χ4v) is 5.05. The fraction of sp³-hybridized carbons (Fsp3) is 0.588. The molecule has 6 nitrogen and oxygen atoms in total. The summed E-state index contributed by atoms with van der Waals surface area (Å²) in [5, 5.41) is 2.82. The third-order valence-corrected chi connectivity index (χ3v) is 6.53. The molecule has 1 aliphatic heterocycles. The maximum atomic E-state index is 12.7. The van der Waals surface area contributed by atoms with Crippen LogP contribution in [0.1, 0.15) is 44.1 Å². The first-order valence-electron chi connectivity index (χ1n) is 8.65. The van der Waals surface area contributed by atoms with Crippen molar-refractivity contribution in [3.8, 4) is 0 Å². The molecule has 2 aliphatic rings. The molecule has 140 valence electrons. The van der Waals surface area contributed by atoms with Crippen LogP contribution in [-0.2, 0) is 21.2 Å². The molecule has 1 atom stereocenters. The Morgan fingerprint density at radius 3 is 2.60 bits per heavy atom. The van der Waals surface area contributed by atoms with Crippen LogP contribution >= 0.6 is 12.4 Å². The van der Waals surface area contributed by atoms with E-state index in [-0.39, 0.29) is 29.3 Å². The number of sulfonamides is 1.